The maximum Gasteiger partial charge on any atom is 0.416 e. The SMILES string of the molecule is CNS(=O)(=O)c1ccc(C(F)(F)F)cc1. The lowest BCUT2D eigenvalue weighted by Gasteiger charge is -2.07. The number of alkyl halides is 3. The van der Waals surface area contributed by atoms with Gasteiger partial charge in [0.1, 0.15) is 0 Å². The number of hydrogen-bond donors (Lipinski definition) is 1. The second-order valence-electron chi connectivity index (χ2n) is 2.73. The molecule has 7 heteroatoms. The van der Waals surface area contributed by atoms with Crippen LogP contribution in [0.25, 0.3) is 0 Å². The lowest BCUT2D eigenvalue weighted by Crippen LogP contribution is -2.18. The van der Waals surface area contributed by atoms with Gasteiger partial charge in [0.05, 0.1) is 10.5 Å². The second-order valence-corrected chi connectivity index (χ2v) is 4.62. The molecule has 0 amide bonds. The molecule has 0 radical (unpaired) electrons. The van der Waals surface area contributed by atoms with Crippen LogP contribution in [0.2, 0.25) is 0 Å². The van der Waals surface area contributed by atoms with Crippen molar-refractivity contribution in [3.05, 3.63) is 29.8 Å². The zero-order chi connectivity index (χ0) is 11.7. The summed E-state index contributed by atoms with van der Waals surface area (Å²) < 4.78 is 60.7. The molecular weight excluding hydrogens is 231 g/mol. The Morgan fingerprint density at radius 2 is 1.60 bits per heavy atom. The molecule has 1 rings (SSSR count). The fourth-order valence-electron chi connectivity index (χ4n) is 0.941. The monoisotopic (exact) mass is 239 g/mol. The van der Waals surface area contributed by atoms with Crippen LogP contribution in [0.5, 0.6) is 0 Å². The maximum atomic E-state index is 12.1. The second kappa shape index (κ2) is 3.82. The van der Waals surface area contributed by atoms with Gasteiger partial charge in [-0.1, -0.05) is 0 Å². The van der Waals surface area contributed by atoms with Gasteiger partial charge in [-0.15, -0.1) is 0 Å². The standard InChI is InChI=1S/C8H8F3NO2S/c1-12-15(13,14)7-4-2-6(3-5-7)8(9,10)11/h2-5,12H,1H3. The minimum absolute atomic E-state index is 0.196. The Hall–Kier alpha value is -1.08. The van der Waals surface area contributed by atoms with Gasteiger partial charge in [0.25, 0.3) is 0 Å². The van der Waals surface area contributed by atoms with Crippen molar-refractivity contribution in [3.8, 4) is 0 Å². The molecule has 1 N–H and O–H groups in total. The molecule has 0 aliphatic carbocycles. The molecule has 15 heavy (non-hydrogen) atoms. The van der Waals surface area contributed by atoms with Gasteiger partial charge >= 0.3 is 6.18 Å². The zero-order valence-electron chi connectivity index (χ0n) is 7.67. The quantitative estimate of drug-likeness (QED) is 0.852. The normalized spacial score (nSPS) is 12.8. The van der Waals surface area contributed by atoms with Gasteiger partial charge in [-0.2, -0.15) is 13.2 Å². The van der Waals surface area contributed by atoms with Crippen LogP contribution in [-0.2, 0) is 16.2 Å². The lowest BCUT2D eigenvalue weighted by molar-refractivity contribution is -0.137. The van der Waals surface area contributed by atoms with Crippen LogP contribution in [-0.4, -0.2) is 15.5 Å². The summed E-state index contributed by atoms with van der Waals surface area (Å²) in [7, 11) is -2.49. The van der Waals surface area contributed by atoms with E-state index in [1.54, 1.807) is 0 Å². The van der Waals surface area contributed by atoms with E-state index in [0.29, 0.717) is 0 Å². The van der Waals surface area contributed by atoms with E-state index in [1.165, 1.54) is 7.05 Å². The van der Waals surface area contributed by atoms with Crippen molar-refractivity contribution in [1.82, 2.24) is 4.72 Å². The fourth-order valence-corrected chi connectivity index (χ4v) is 1.67. The third-order valence-electron chi connectivity index (χ3n) is 1.76. The highest BCUT2D eigenvalue weighted by Crippen LogP contribution is 2.29. The first-order chi connectivity index (χ1) is 6.77. The van der Waals surface area contributed by atoms with Gasteiger partial charge in [-0.3, -0.25) is 0 Å². The molecule has 0 saturated heterocycles. The van der Waals surface area contributed by atoms with E-state index >= 15 is 0 Å². The smallest absolute Gasteiger partial charge is 0.214 e. The number of nitrogens with one attached hydrogen (secondary N) is 1. The topological polar surface area (TPSA) is 46.2 Å². The molecular formula is C8H8F3NO2S. The summed E-state index contributed by atoms with van der Waals surface area (Å²) in [5, 5.41) is 0. The Morgan fingerprint density at radius 3 is 1.93 bits per heavy atom. The van der Waals surface area contributed by atoms with Gasteiger partial charge in [0, 0.05) is 0 Å². The van der Waals surface area contributed by atoms with Crippen molar-refractivity contribution in [2.45, 2.75) is 11.1 Å². The van der Waals surface area contributed by atoms with Crippen molar-refractivity contribution < 1.29 is 21.6 Å². The molecule has 1 aromatic carbocycles. The highest BCUT2D eigenvalue weighted by atomic mass is 32.2. The molecule has 0 unspecified atom stereocenters. The van der Waals surface area contributed by atoms with Gasteiger partial charge in [-0.25, -0.2) is 13.1 Å². The molecule has 0 atom stereocenters. The Bertz CT molecular complexity index is 436. The van der Waals surface area contributed by atoms with Gasteiger partial charge in [0.2, 0.25) is 10.0 Å². The van der Waals surface area contributed by atoms with E-state index in [-0.39, 0.29) is 4.90 Å². The van der Waals surface area contributed by atoms with E-state index in [0.717, 1.165) is 24.3 Å². The molecule has 0 spiro atoms. The van der Waals surface area contributed by atoms with Crippen LogP contribution in [0.4, 0.5) is 13.2 Å². The number of halogens is 3. The highest BCUT2D eigenvalue weighted by molar-refractivity contribution is 7.89. The summed E-state index contributed by atoms with van der Waals surface area (Å²) in [5.74, 6) is 0. The molecule has 0 fully saturated rings. The summed E-state index contributed by atoms with van der Waals surface area (Å²) in [6.07, 6.45) is -4.46. The minimum atomic E-state index is -4.46. The van der Waals surface area contributed by atoms with Crippen LogP contribution in [0.3, 0.4) is 0 Å². The highest BCUT2D eigenvalue weighted by Gasteiger charge is 2.30. The van der Waals surface area contributed by atoms with Gasteiger partial charge in [0.15, 0.2) is 0 Å². The summed E-state index contributed by atoms with van der Waals surface area (Å²) in [5.41, 5.74) is -0.877. The molecule has 0 aromatic heterocycles. The first kappa shape index (κ1) is 12.0. The average molecular weight is 239 g/mol. The minimum Gasteiger partial charge on any atom is -0.214 e. The van der Waals surface area contributed by atoms with Gasteiger partial charge < -0.3 is 0 Å². The molecule has 0 heterocycles. The van der Waals surface area contributed by atoms with Crippen LogP contribution >= 0.6 is 0 Å². The zero-order valence-corrected chi connectivity index (χ0v) is 8.48. The fraction of sp³-hybridized carbons (Fsp3) is 0.250. The van der Waals surface area contributed by atoms with E-state index in [2.05, 4.69) is 0 Å². The largest absolute Gasteiger partial charge is 0.416 e. The first-order valence-corrected chi connectivity index (χ1v) is 5.36. The average Bonchev–Trinajstić information content (AvgIpc) is 2.17. The van der Waals surface area contributed by atoms with Crippen LogP contribution in [0.15, 0.2) is 29.2 Å². The van der Waals surface area contributed by atoms with Crippen LogP contribution < -0.4 is 4.72 Å². The molecule has 84 valence electrons. The van der Waals surface area contributed by atoms with E-state index in [1.807, 2.05) is 4.72 Å². The van der Waals surface area contributed by atoms with E-state index in [4.69, 9.17) is 0 Å². The Morgan fingerprint density at radius 1 is 1.13 bits per heavy atom. The van der Waals surface area contributed by atoms with Crippen LogP contribution in [0, 0.1) is 0 Å². The molecule has 0 aliphatic rings. The van der Waals surface area contributed by atoms with E-state index in [9.17, 15) is 21.6 Å². The van der Waals surface area contributed by atoms with Crippen molar-refractivity contribution in [3.63, 3.8) is 0 Å². The van der Waals surface area contributed by atoms with Crippen molar-refractivity contribution in [1.29, 1.82) is 0 Å². The van der Waals surface area contributed by atoms with Crippen molar-refractivity contribution >= 4 is 10.0 Å². The summed E-state index contributed by atoms with van der Waals surface area (Å²) in [6.45, 7) is 0. The molecule has 0 aliphatic heterocycles. The number of rotatable bonds is 2. The van der Waals surface area contributed by atoms with E-state index < -0.39 is 21.8 Å². The summed E-state index contributed by atoms with van der Waals surface area (Å²) >= 11 is 0. The van der Waals surface area contributed by atoms with Crippen LogP contribution in [0.1, 0.15) is 5.56 Å². The third kappa shape index (κ3) is 2.69. The Kier molecular flexibility index (Phi) is 3.05. The Labute approximate surface area is 85.0 Å². The molecule has 1 aromatic rings. The number of hydrogen-bond acceptors (Lipinski definition) is 2. The molecule has 0 bridgehead atoms. The molecule has 0 saturated carbocycles. The van der Waals surface area contributed by atoms with Crippen molar-refractivity contribution in [2.75, 3.05) is 7.05 Å². The predicted octanol–water partition coefficient (Wildman–Crippen LogP) is 1.61. The molecule has 3 nitrogen and oxygen atoms in total. The first-order valence-electron chi connectivity index (χ1n) is 3.88. The maximum absolute atomic E-state index is 12.1. The van der Waals surface area contributed by atoms with Gasteiger partial charge in [-0.05, 0) is 31.3 Å². The summed E-state index contributed by atoms with van der Waals surface area (Å²) in [4.78, 5) is -0.196. The predicted molar refractivity (Wildman–Crippen MR) is 47.7 cm³/mol. The third-order valence-corrected chi connectivity index (χ3v) is 3.19. The summed E-state index contributed by atoms with van der Waals surface area (Å²) in [6, 6.07) is 3.28. The lowest BCUT2D eigenvalue weighted by atomic mass is 10.2. The number of sulfonamides is 1. The van der Waals surface area contributed by atoms with Crippen molar-refractivity contribution in [2.24, 2.45) is 0 Å². The number of benzene rings is 1. The Balaban J connectivity index is 3.12.